The number of aryl methyl sites for hydroxylation is 2. The van der Waals surface area contributed by atoms with Crippen molar-refractivity contribution in [3.63, 3.8) is 0 Å². The fourth-order valence-corrected chi connectivity index (χ4v) is 4.88. The second kappa shape index (κ2) is 8.10. The summed E-state index contributed by atoms with van der Waals surface area (Å²) in [4.78, 5) is 43.9. The average Bonchev–Trinajstić information content (AvgIpc) is 3.24. The Morgan fingerprint density at radius 3 is 2.79 bits per heavy atom. The number of nitrogens with zero attached hydrogens (tertiary/aromatic N) is 4. The van der Waals surface area contributed by atoms with Gasteiger partial charge in [-0.15, -0.1) is 0 Å². The normalized spacial score (nSPS) is 20.5. The number of benzene rings is 1. The molecule has 8 nitrogen and oxygen atoms in total. The predicted molar refractivity (Wildman–Crippen MR) is 121 cm³/mol. The first kappa shape index (κ1) is 21.3. The van der Waals surface area contributed by atoms with E-state index in [-0.39, 0.29) is 29.5 Å². The Bertz CT molecular complexity index is 1300. The van der Waals surface area contributed by atoms with Gasteiger partial charge >= 0.3 is 0 Å². The number of hydrogen-bond acceptors (Lipinski definition) is 6. The molecular weight excluding hydrogens is 420 g/mol. The third kappa shape index (κ3) is 3.79. The third-order valence-corrected chi connectivity index (χ3v) is 6.69. The van der Waals surface area contributed by atoms with E-state index in [1.54, 1.807) is 22.4 Å². The smallest absolute Gasteiger partial charge is 0.274 e. The van der Waals surface area contributed by atoms with Crippen LogP contribution in [0.4, 0.5) is 0 Å². The summed E-state index contributed by atoms with van der Waals surface area (Å²) in [6, 6.07) is 7.34. The minimum absolute atomic E-state index is 0.0716. The van der Waals surface area contributed by atoms with Gasteiger partial charge in [0.1, 0.15) is 11.9 Å². The molecule has 0 radical (unpaired) electrons. The highest BCUT2D eigenvalue weighted by atomic mass is 16.5. The maximum Gasteiger partial charge on any atom is 0.274 e. The lowest BCUT2D eigenvalue weighted by Gasteiger charge is -2.38. The molecule has 0 N–H and O–H groups in total. The van der Waals surface area contributed by atoms with Crippen molar-refractivity contribution < 1.29 is 19.1 Å². The van der Waals surface area contributed by atoms with Gasteiger partial charge in [-0.1, -0.05) is 11.6 Å². The van der Waals surface area contributed by atoms with Gasteiger partial charge in [-0.3, -0.25) is 14.4 Å². The second-order valence-electron chi connectivity index (χ2n) is 9.05. The van der Waals surface area contributed by atoms with Crippen LogP contribution < -0.4 is 4.74 Å². The molecule has 1 fully saturated rings. The van der Waals surface area contributed by atoms with Gasteiger partial charge in [0.2, 0.25) is 0 Å². The first-order valence-corrected chi connectivity index (χ1v) is 11.3. The molecule has 4 heterocycles. The molecule has 0 spiro atoms. The van der Waals surface area contributed by atoms with Crippen LogP contribution in [0, 0.1) is 19.8 Å². The zero-order valence-electron chi connectivity index (χ0n) is 19.0. The van der Waals surface area contributed by atoms with Gasteiger partial charge < -0.3 is 9.64 Å². The van der Waals surface area contributed by atoms with Crippen molar-refractivity contribution in [2.45, 2.75) is 46.1 Å². The van der Waals surface area contributed by atoms with Crippen LogP contribution in [0.2, 0.25) is 0 Å². The van der Waals surface area contributed by atoms with E-state index in [2.05, 4.69) is 10.1 Å². The number of aromatic nitrogens is 3. The molecular formula is C25H26N4O4. The van der Waals surface area contributed by atoms with Gasteiger partial charge in [0, 0.05) is 37.7 Å². The van der Waals surface area contributed by atoms with E-state index in [1.165, 1.54) is 13.1 Å². The van der Waals surface area contributed by atoms with Crippen molar-refractivity contribution in [2.75, 3.05) is 13.1 Å². The zero-order chi connectivity index (χ0) is 23.3. The summed E-state index contributed by atoms with van der Waals surface area (Å²) >= 11 is 0. The van der Waals surface area contributed by atoms with Gasteiger partial charge in [-0.2, -0.15) is 5.10 Å². The number of ketones is 2. The fraction of sp³-hybridized carbons (Fsp3) is 0.400. The van der Waals surface area contributed by atoms with E-state index in [0.29, 0.717) is 53.4 Å². The Morgan fingerprint density at radius 1 is 1.18 bits per heavy atom. The van der Waals surface area contributed by atoms with E-state index in [1.807, 2.05) is 25.1 Å². The highest BCUT2D eigenvalue weighted by molar-refractivity contribution is 6.00. The minimum atomic E-state index is -0.244. The molecule has 2 aliphatic heterocycles. The Labute approximate surface area is 191 Å². The first-order valence-electron chi connectivity index (χ1n) is 11.3. The van der Waals surface area contributed by atoms with Crippen molar-refractivity contribution in [3.05, 3.63) is 58.5 Å². The lowest BCUT2D eigenvalue weighted by atomic mass is 9.86. The summed E-state index contributed by atoms with van der Waals surface area (Å²) in [6.07, 6.45) is 3.35. The quantitative estimate of drug-likeness (QED) is 0.572. The topological polar surface area (TPSA) is 93.9 Å². The molecule has 0 bridgehead atoms. The molecule has 3 aromatic rings. The zero-order valence-corrected chi connectivity index (χ0v) is 19.0. The molecule has 0 saturated carbocycles. The summed E-state index contributed by atoms with van der Waals surface area (Å²) in [5, 5.41) is 4.44. The van der Waals surface area contributed by atoms with E-state index in [9.17, 15) is 14.4 Å². The maximum atomic E-state index is 13.3. The summed E-state index contributed by atoms with van der Waals surface area (Å²) < 4.78 is 7.76. The van der Waals surface area contributed by atoms with Gasteiger partial charge in [-0.25, -0.2) is 9.50 Å². The molecule has 33 heavy (non-hydrogen) atoms. The van der Waals surface area contributed by atoms with Crippen LogP contribution in [0.25, 0.3) is 5.65 Å². The fourth-order valence-electron chi connectivity index (χ4n) is 4.88. The van der Waals surface area contributed by atoms with Crippen LogP contribution in [0.1, 0.15) is 68.6 Å². The molecule has 8 heteroatoms. The van der Waals surface area contributed by atoms with Crippen LogP contribution in [0.3, 0.4) is 0 Å². The molecule has 0 aliphatic carbocycles. The van der Waals surface area contributed by atoms with Gasteiger partial charge in [-0.05, 0) is 45.7 Å². The van der Waals surface area contributed by atoms with E-state index in [0.717, 1.165) is 18.4 Å². The molecule has 1 amide bonds. The maximum absolute atomic E-state index is 13.3. The van der Waals surface area contributed by atoms with Crippen molar-refractivity contribution in [1.29, 1.82) is 0 Å². The van der Waals surface area contributed by atoms with Gasteiger partial charge in [0.15, 0.2) is 22.9 Å². The number of hydrogen-bond donors (Lipinski definition) is 0. The lowest BCUT2D eigenvalue weighted by Crippen LogP contribution is -2.46. The van der Waals surface area contributed by atoms with E-state index >= 15 is 0 Å². The highest BCUT2D eigenvalue weighted by Gasteiger charge is 2.36. The Balaban J connectivity index is 1.35. The summed E-state index contributed by atoms with van der Waals surface area (Å²) in [6.45, 7) is 6.38. The molecule has 1 aromatic carbocycles. The van der Waals surface area contributed by atoms with Crippen LogP contribution >= 0.6 is 0 Å². The van der Waals surface area contributed by atoms with Crippen molar-refractivity contribution >= 4 is 23.1 Å². The summed E-state index contributed by atoms with van der Waals surface area (Å²) in [7, 11) is 0. The van der Waals surface area contributed by atoms with Crippen LogP contribution in [-0.2, 0) is 0 Å². The second-order valence-corrected chi connectivity index (χ2v) is 9.05. The predicted octanol–water partition coefficient (Wildman–Crippen LogP) is 3.43. The van der Waals surface area contributed by atoms with E-state index in [4.69, 9.17) is 4.74 Å². The number of carbonyl (C=O) groups excluding carboxylic acids is 3. The monoisotopic (exact) mass is 446 g/mol. The number of rotatable bonds is 3. The molecule has 5 rings (SSSR count). The molecule has 2 aromatic heterocycles. The van der Waals surface area contributed by atoms with Gasteiger partial charge in [0.05, 0.1) is 16.8 Å². The molecule has 2 atom stereocenters. The molecule has 170 valence electrons. The number of piperidine rings is 1. The standard InChI is InChI=1S/C25H26N4O4/c1-14-6-7-22-18(9-14)21(31)11-23(33-22)17-5-4-8-28(13-17)25(32)20-10-24-26-12-19(16(3)30)15(2)29(24)27-20/h6-7,9-10,12,17,23H,4-5,8,11,13H2,1-3H3/t17-,23+/m0/s1. The van der Waals surface area contributed by atoms with Crippen molar-refractivity contribution in [3.8, 4) is 5.75 Å². The Hall–Kier alpha value is -3.55. The Morgan fingerprint density at radius 2 is 2.00 bits per heavy atom. The Kier molecular flexibility index (Phi) is 5.23. The number of ether oxygens (including phenoxy) is 1. The van der Waals surface area contributed by atoms with Crippen molar-refractivity contribution in [1.82, 2.24) is 19.5 Å². The number of likely N-dealkylation sites (tertiary alicyclic amines) is 1. The number of Topliss-reactive ketones (excluding diaryl/α,β-unsaturated/α-hetero) is 2. The number of amides is 1. The van der Waals surface area contributed by atoms with Crippen LogP contribution in [0.15, 0.2) is 30.5 Å². The molecule has 1 saturated heterocycles. The molecule has 0 unspecified atom stereocenters. The first-order chi connectivity index (χ1) is 15.8. The highest BCUT2D eigenvalue weighted by Crippen LogP contribution is 2.34. The largest absolute Gasteiger partial charge is 0.489 e. The third-order valence-electron chi connectivity index (χ3n) is 6.69. The number of carbonyl (C=O) groups is 3. The number of fused-ring (bicyclic) bond motifs is 2. The summed E-state index contributed by atoms with van der Waals surface area (Å²) in [5.74, 6) is 0.530. The van der Waals surface area contributed by atoms with Gasteiger partial charge in [0.25, 0.3) is 5.91 Å². The minimum Gasteiger partial charge on any atom is -0.489 e. The van der Waals surface area contributed by atoms with Crippen LogP contribution in [-0.4, -0.2) is 56.2 Å². The van der Waals surface area contributed by atoms with E-state index < -0.39 is 0 Å². The summed E-state index contributed by atoms with van der Waals surface area (Å²) in [5.41, 5.74) is 3.65. The average molecular weight is 447 g/mol. The van der Waals surface area contributed by atoms with Crippen molar-refractivity contribution in [2.24, 2.45) is 5.92 Å². The van der Waals surface area contributed by atoms with Crippen LogP contribution in [0.5, 0.6) is 5.75 Å². The lowest BCUT2D eigenvalue weighted by molar-refractivity contribution is 0.0405. The molecule has 2 aliphatic rings. The SMILES string of the molecule is CC(=O)c1cnc2cc(C(=O)N3CCC[C@H]([C@H]4CC(=O)c5cc(C)ccc5O4)C3)nn2c1C.